The lowest BCUT2D eigenvalue weighted by Crippen LogP contribution is -2.43. The Hall–Kier alpha value is -2.98. The van der Waals surface area contributed by atoms with Crippen molar-refractivity contribution < 1.29 is 27.5 Å². The Labute approximate surface area is 205 Å². The third-order valence-electron chi connectivity index (χ3n) is 6.18. The van der Waals surface area contributed by atoms with Gasteiger partial charge in [-0.1, -0.05) is 20.8 Å². The third kappa shape index (κ3) is 5.18. The van der Waals surface area contributed by atoms with Crippen molar-refractivity contribution in [1.29, 1.82) is 0 Å². The van der Waals surface area contributed by atoms with E-state index in [9.17, 15) is 13.2 Å². The Morgan fingerprint density at radius 1 is 1.20 bits per heavy atom. The molecule has 0 spiro atoms. The van der Waals surface area contributed by atoms with E-state index in [1.165, 1.54) is 37.1 Å². The first-order chi connectivity index (χ1) is 16.5. The maximum absolute atomic E-state index is 13.5. The van der Waals surface area contributed by atoms with Gasteiger partial charge in [0.25, 0.3) is 0 Å². The average molecular weight is 502 g/mol. The number of rotatable bonds is 6. The van der Waals surface area contributed by atoms with Gasteiger partial charge in [0.15, 0.2) is 0 Å². The molecule has 188 valence electrons. The quantitative estimate of drug-likeness (QED) is 0.521. The van der Waals surface area contributed by atoms with Crippen molar-refractivity contribution in [2.24, 2.45) is 5.92 Å². The van der Waals surface area contributed by atoms with Crippen LogP contribution in [0, 0.1) is 5.92 Å². The van der Waals surface area contributed by atoms with Crippen LogP contribution in [0.3, 0.4) is 0 Å². The van der Waals surface area contributed by atoms with Gasteiger partial charge in [0.1, 0.15) is 19.1 Å². The SMILES string of the molecule is CO[n+]1ccc(S(=O)(=O)c2ccc3c(c2)nc(C(C)(C)C)n3CC2CCOCC2)cc1NC(C)=O. The highest BCUT2D eigenvalue weighted by Crippen LogP contribution is 2.31. The summed E-state index contributed by atoms with van der Waals surface area (Å²) in [6.45, 7) is 10.1. The number of imidazole rings is 1. The predicted molar refractivity (Wildman–Crippen MR) is 131 cm³/mol. The normalized spacial score (nSPS) is 15.3. The van der Waals surface area contributed by atoms with Gasteiger partial charge in [-0.15, -0.1) is 0 Å². The fraction of sp³-hybridized carbons (Fsp3) is 0.480. The van der Waals surface area contributed by atoms with Crippen LogP contribution in [0.25, 0.3) is 11.0 Å². The minimum atomic E-state index is -3.87. The lowest BCUT2D eigenvalue weighted by atomic mass is 9.94. The molecule has 1 saturated heterocycles. The Morgan fingerprint density at radius 2 is 1.89 bits per heavy atom. The Kier molecular flexibility index (Phi) is 6.88. The van der Waals surface area contributed by atoms with E-state index in [0.717, 1.165) is 43.9 Å². The van der Waals surface area contributed by atoms with Crippen LogP contribution >= 0.6 is 0 Å². The summed E-state index contributed by atoms with van der Waals surface area (Å²) in [6, 6.07) is 7.93. The highest BCUT2D eigenvalue weighted by molar-refractivity contribution is 7.91. The van der Waals surface area contributed by atoms with Crippen LogP contribution in [-0.2, 0) is 31.3 Å². The fourth-order valence-corrected chi connectivity index (χ4v) is 5.72. The van der Waals surface area contributed by atoms with Crippen molar-refractivity contribution in [3.63, 3.8) is 0 Å². The highest BCUT2D eigenvalue weighted by atomic mass is 32.2. The number of hydrogen-bond acceptors (Lipinski definition) is 6. The van der Waals surface area contributed by atoms with E-state index in [-0.39, 0.29) is 26.9 Å². The number of amides is 1. The molecule has 0 bridgehead atoms. The standard InChI is InChI=1S/C25H32N4O5S/c1-17(30)26-23-15-20(8-11-29(23)33-5)35(31,32)19-6-7-22-21(14-19)27-24(25(2,3)4)28(22)16-18-9-12-34-13-10-18/h6-8,11,14-15,18H,9-10,12-13,16H2,1-5H3/p+1. The number of nitrogens with zero attached hydrogens (tertiary/aromatic N) is 3. The molecule has 10 heteroatoms. The number of ether oxygens (including phenoxy) is 1. The first-order valence-corrected chi connectivity index (χ1v) is 13.2. The molecule has 1 aliphatic heterocycles. The average Bonchev–Trinajstić information content (AvgIpc) is 3.17. The number of hydrogen-bond donors (Lipinski definition) is 1. The Bertz CT molecular complexity index is 1350. The largest absolute Gasteiger partial charge is 0.381 e. The van der Waals surface area contributed by atoms with Gasteiger partial charge in [-0.25, -0.2) is 23.5 Å². The molecule has 9 nitrogen and oxygen atoms in total. The van der Waals surface area contributed by atoms with E-state index in [1.54, 1.807) is 12.1 Å². The molecule has 4 rings (SSSR count). The molecule has 1 amide bonds. The maximum Gasteiger partial charge on any atom is 0.322 e. The number of carbonyl (C=O) groups excluding carboxylic acids is 1. The molecule has 1 aromatic carbocycles. The van der Waals surface area contributed by atoms with Crippen LogP contribution in [0.5, 0.6) is 0 Å². The lowest BCUT2D eigenvalue weighted by molar-refractivity contribution is -0.874. The molecule has 3 heterocycles. The van der Waals surface area contributed by atoms with Crippen molar-refractivity contribution in [2.75, 3.05) is 25.6 Å². The highest BCUT2D eigenvalue weighted by Gasteiger charge is 2.28. The molecule has 2 aromatic heterocycles. The molecular formula is C25H33N4O5S+. The summed E-state index contributed by atoms with van der Waals surface area (Å²) in [7, 11) is -2.44. The van der Waals surface area contributed by atoms with Crippen molar-refractivity contribution >= 4 is 32.6 Å². The van der Waals surface area contributed by atoms with Gasteiger partial charge in [-0.05, 0) is 41.7 Å². The molecule has 0 saturated carbocycles. The van der Waals surface area contributed by atoms with Gasteiger partial charge < -0.3 is 14.1 Å². The molecule has 0 aliphatic carbocycles. The topological polar surface area (TPSA) is 103 Å². The van der Waals surface area contributed by atoms with Gasteiger partial charge in [0.05, 0.1) is 26.9 Å². The zero-order valence-corrected chi connectivity index (χ0v) is 21.7. The zero-order valence-electron chi connectivity index (χ0n) is 20.9. The summed E-state index contributed by atoms with van der Waals surface area (Å²) in [5, 5.41) is 2.59. The summed E-state index contributed by atoms with van der Waals surface area (Å²) in [5.41, 5.74) is 1.36. The summed E-state index contributed by atoms with van der Waals surface area (Å²) in [4.78, 5) is 21.8. The minimum Gasteiger partial charge on any atom is -0.381 e. The van der Waals surface area contributed by atoms with Gasteiger partial charge in [0.2, 0.25) is 9.84 Å². The fourth-order valence-electron chi connectivity index (χ4n) is 4.42. The maximum atomic E-state index is 13.5. The van der Waals surface area contributed by atoms with Gasteiger partial charge in [-0.3, -0.25) is 0 Å². The Morgan fingerprint density at radius 3 is 2.51 bits per heavy atom. The van der Waals surface area contributed by atoms with E-state index in [0.29, 0.717) is 11.4 Å². The van der Waals surface area contributed by atoms with Crippen LogP contribution in [0.15, 0.2) is 46.3 Å². The molecule has 0 radical (unpaired) electrons. The molecule has 0 atom stereocenters. The second-order valence-corrected chi connectivity index (χ2v) is 11.9. The molecule has 35 heavy (non-hydrogen) atoms. The monoisotopic (exact) mass is 501 g/mol. The zero-order chi connectivity index (χ0) is 25.4. The number of carbonyl (C=O) groups is 1. The molecule has 1 aliphatic rings. The predicted octanol–water partition coefficient (Wildman–Crippen LogP) is 2.90. The van der Waals surface area contributed by atoms with E-state index in [1.807, 2.05) is 6.07 Å². The number of sulfone groups is 1. The first-order valence-electron chi connectivity index (χ1n) is 11.7. The number of pyridine rings is 1. The summed E-state index contributed by atoms with van der Waals surface area (Å²) >= 11 is 0. The van der Waals surface area contributed by atoms with Crippen molar-refractivity contribution in [3.8, 4) is 0 Å². The number of nitrogens with one attached hydrogen (secondary N) is 1. The lowest BCUT2D eigenvalue weighted by Gasteiger charge is -2.26. The number of benzene rings is 1. The van der Waals surface area contributed by atoms with Crippen molar-refractivity contribution in [2.45, 2.75) is 62.3 Å². The summed E-state index contributed by atoms with van der Waals surface area (Å²) < 4.78 is 36.1. The first kappa shape index (κ1) is 25.1. The van der Waals surface area contributed by atoms with Gasteiger partial charge in [-0.2, -0.15) is 0 Å². The molecule has 0 unspecified atom stereocenters. The number of aromatic nitrogens is 3. The van der Waals surface area contributed by atoms with E-state index < -0.39 is 9.84 Å². The van der Waals surface area contributed by atoms with Crippen LogP contribution in [-0.4, -0.2) is 44.2 Å². The van der Waals surface area contributed by atoms with Crippen LogP contribution in [0.4, 0.5) is 5.82 Å². The third-order valence-corrected chi connectivity index (χ3v) is 7.93. The van der Waals surface area contributed by atoms with E-state index in [2.05, 4.69) is 30.7 Å². The minimum absolute atomic E-state index is 0.0478. The Balaban J connectivity index is 1.77. The molecular weight excluding hydrogens is 468 g/mol. The number of anilines is 1. The van der Waals surface area contributed by atoms with Gasteiger partial charge >= 0.3 is 11.7 Å². The second-order valence-electron chi connectivity index (χ2n) is 9.94. The van der Waals surface area contributed by atoms with Crippen LogP contribution in [0.1, 0.15) is 46.4 Å². The van der Waals surface area contributed by atoms with Crippen molar-refractivity contribution in [1.82, 2.24) is 9.55 Å². The smallest absolute Gasteiger partial charge is 0.322 e. The molecule has 3 aromatic rings. The molecule has 1 N–H and O–H groups in total. The van der Waals surface area contributed by atoms with E-state index >= 15 is 0 Å². The van der Waals surface area contributed by atoms with Crippen molar-refractivity contribution in [3.05, 3.63) is 42.4 Å². The summed E-state index contributed by atoms with van der Waals surface area (Å²) in [5.74, 6) is 1.31. The van der Waals surface area contributed by atoms with Crippen LogP contribution in [0.2, 0.25) is 0 Å². The second kappa shape index (κ2) is 9.58. The van der Waals surface area contributed by atoms with Crippen LogP contribution < -0.4 is 14.9 Å². The summed E-state index contributed by atoms with van der Waals surface area (Å²) in [6.07, 6.45) is 3.46. The van der Waals surface area contributed by atoms with E-state index in [4.69, 9.17) is 14.6 Å². The van der Waals surface area contributed by atoms with Gasteiger partial charge in [0, 0.05) is 38.2 Å². The molecule has 1 fully saturated rings. The number of fused-ring (bicyclic) bond motifs is 1.